The Labute approximate surface area is 144 Å². The summed E-state index contributed by atoms with van der Waals surface area (Å²) in [5.74, 6) is 0.839. The summed E-state index contributed by atoms with van der Waals surface area (Å²) in [5.41, 5.74) is 1.62. The Morgan fingerprint density at radius 1 is 1.13 bits per heavy atom. The van der Waals surface area contributed by atoms with E-state index in [0.717, 1.165) is 17.9 Å². The van der Waals surface area contributed by atoms with Crippen molar-refractivity contribution in [1.29, 1.82) is 0 Å². The molecule has 1 unspecified atom stereocenters. The van der Waals surface area contributed by atoms with Crippen molar-refractivity contribution < 1.29 is 9.53 Å². The number of benzene rings is 2. The predicted octanol–water partition coefficient (Wildman–Crippen LogP) is 4.57. The Balaban J connectivity index is 1.84. The molecule has 0 spiro atoms. The molecule has 2 aromatic carbocycles. The number of methoxy groups -OCH3 is 1. The van der Waals surface area contributed by atoms with Crippen molar-refractivity contribution in [1.82, 2.24) is 0 Å². The van der Waals surface area contributed by atoms with Gasteiger partial charge in [0.15, 0.2) is 0 Å². The van der Waals surface area contributed by atoms with E-state index < -0.39 is 0 Å². The smallest absolute Gasteiger partial charge is 0.228 e. The number of carbonyl (C=O) groups excluding carboxylic acids is 1. The first kappa shape index (κ1) is 16.0. The molecule has 0 aromatic heterocycles. The fourth-order valence-electron chi connectivity index (χ4n) is 2.70. The summed E-state index contributed by atoms with van der Waals surface area (Å²) < 4.78 is 5.15. The molecule has 1 heterocycles. The van der Waals surface area contributed by atoms with E-state index in [1.807, 2.05) is 24.3 Å². The monoisotopic (exact) mass is 350 g/mol. The van der Waals surface area contributed by atoms with E-state index >= 15 is 0 Å². The highest BCUT2D eigenvalue weighted by Crippen LogP contribution is 2.32. The Morgan fingerprint density at radius 3 is 2.39 bits per heavy atom. The number of nitrogens with zero attached hydrogens (tertiary/aromatic N) is 1. The van der Waals surface area contributed by atoms with E-state index in [1.54, 1.807) is 30.2 Å². The first-order valence-electron chi connectivity index (χ1n) is 7.25. The molecule has 0 saturated carbocycles. The van der Waals surface area contributed by atoms with Crippen LogP contribution in [0.3, 0.4) is 0 Å². The highest BCUT2D eigenvalue weighted by molar-refractivity contribution is 6.35. The van der Waals surface area contributed by atoms with Gasteiger partial charge < -0.3 is 10.1 Å². The maximum Gasteiger partial charge on any atom is 0.228 e. The Hall–Kier alpha value is -1.91. The van der Waals surface area contributed by atoms with Gasteiger partial charge in [-0.1, -0.05) is 23.2 Å². The van der Waals surface area contributed by atoms with Crippen molar-refractivity contribution >= 4 is 40.5 Å². The molecule has 0 radical (unpaired) electrons. The van der Waals surface area contributed by atoms with Crippen LogP contribution in [0.2, 0.25) is 10.0 Å². The molecule has 1 N–H and O–H groups in total. The van der Waals surface area contributed by atoms with Gasteiger partial charge in [0.05, 0.1) is 7.11 Å². The summed E-state index contributed by atoms with van der Waals surface area (Å²) in [6.45, 7) is 0. The van der Waals surface area contributed by atoms with E-state index in [4.69, 9.17) is 27.9 Å². The summed E-state index contributed by atoms with van der Waals surface area (Å²) >= 11 is 12.1. The van der Waals surface area contributed by atoms with Crippen molar-refractivity contribution in [2.24, 2.45) is 0 Å². The number of ether oxygens (including phenoxy) is 1. The van der Waals surface area contributed by atoms with Crippen molar-refractivity contribution in [3.63, 3.8) is 0 Å². The van der Waals surface area contributed by atoms with Gasteiger partial charge in [-0.05, 0) is 48.9 Å². The quantitative estimate of drug-likeness (QED) is 0.878. The van der Waals surface area contributed by atoms with Crippen LogP contribution in [0.25, 0.3) is 0 Å². The minimum Gasteiger partial charge on any atom is -0.497 e. The molecule has 3 rings (SSSR count). The molecule has 1 aliphatic rings. The molecule has 4 nitrogen and oxygen atoms in total. The lowest BCUT2D eigenvalue weighted by atomic mass is 10.2. The van der Waals surface area contributed by atoms with Crippen LogP contribution in [0.15, 0.2) is 42.5 Å². The fourth-order valence-corrected chi connectivity index (χ4v) is 3.22. The van der Waals surface area contributed by atoms with E-state index in [-0.39, 0.29) is 12.1 Å². The number of anilines is 2. The summed E-state index contributed by atoms with van der Waals surface area (Å²) in [5, 5.41) is 4.39. The van der Waals surface area contributed by atoms with Crippen LogP contribution in [0.4, 0.5) is 11.4 Å². The summed E-state index contributed by atoms with van der Waals surface area (Å²) in [6, 6.07) is 12.7. The van der Waals surface area contributed by atoms with E-state index in [1.165, 1.54) is 0 Å². The summed E-state index contributed by atoms with van der Waals surface area (Å²) in [6.07, 6.45) is 1.07. The molecule has 0 aliphatic carbocycles. The lowest BCUT2D eigenvalue weighted by Gasteiger charge is -2.27. The number of halogens is 2. The molecule has 6 heteroatoms. The third-order valence-electron chi connectivity index (χ3n) is 3.76. The maximum atomic E-state index is 12.3. The van der Waals surface area contributed by atoms with Crippen molar-refractivity contribution in [3.05, 3.63) is 52.5 Å². The SMILES string of the molecule is COc1ccc(NC2CCC(=O)N2c2cc(Cl)cc(Cl)c2)cc1. The van der Waals surface area contributed by atoms with Crippen LogP contribution in [0.5, 0.6) is 5.75 Å². The molecular weight excluding hydrogens is 335 g/mol. The largest absolute Gasteiger partial charge is 0.497 e. The molecule has 1 saturated heterocycles. The zero-order valence-electron chi connectivity index (χ0n) is 12.6. The molecule has 1 amide bonds. The minimum absolute atomic E-state index is 0.0503. The number of amides is 1. The first-order valence-corrected chi connectivity index (χ1v) is 8.01. The van der Waals surface area contributed by atoms with Crippen LogP contribution < -0.4 is 15.0 Å². The van der Waals surface area contributed by atoms with Crippen LogP contribution in [0.1, 0.15) is 12.8 Å². The zero-order chi connectivity index (χ0) is 16.4. The molecular formula is C17H16Cl2N2O2. The fraction of sp³-hybridized carbons (Fsp3) is 0.235. The second-order valence-electron chi connectivity index (χ2n) is 5.32. The number of hydrogen-bond donors (Lipinski definition) is 1. The predicted molar refractivity (Wildman–Crippen MR) is 93.6 cm³/mol. The van der Waals surface area contributed by atoms with Gasteiger partial charge in [-0.3, -0.25) is 9.69 Å². The third kappa shape index (κ3) is 3.54. The Morgan fingerprint density at radius 2 is 1.78 bits per heavy atom. The average Bonchev–Trinajstić information content (AvgIpc) is 2.88. The number of rotatable bonds is 4. The number of carbonyl (C=O) groups is 1. The maximum absolute atomic E-state index is 12.3. The molecule has 0 bridgehead atoms. The van der Waals surface area contributed by atoms with Gasteiger partial charge in [0.25, 0.3) is 0 Å². The first-order chi connectivity index (χ1) is 11.1. The molecule has 2 aromatic rings. The molecule has 120 valence electrons. The molecule has 1 atom stereocenters. The Bertz CT molecular complexity index is 699. The van der Waals surface area contributed by atoms with Crippen LogP contribution in [-0.2, 0) is 4.79 Å². The van der Waals surface area contributed by atoms with Gasteiger partial charge in [0.2, 0.25) is 5.91 Å². The highest BCUT2D eigenvalue weighted by Gasteiger charge is 2.32. The topological polar surface area (TPSA) is 41.6 Å². The van der Waals surface area contributed by atoms with Crippen LogP contribution in [-0.4, -0.2) is 19.2 Å². The van der Waals surface area contributed by atoms with E-state index in [9.17, 15) is 4.79 Å². The number of nitrogens with one attached hydrogen (secondary N) is 1. The van der Waals surface area contributed by atoms with Gasteiger partial charge in [-0.25, -0.2) is 0 Å². The summed E-state index contributed by atoms with van der Waals surface area (Å²) in [4.78, 5) is 14.0. The van der Waals surface area contributed by atoms with Crippen LogP contribution >= 0.6 is 23.2 Å². The normalized spacial score (nSPS) is 17.4. The zero-order valence-corrected chi connectivity index (χ0v) is 14.1. The number of hydrogen-bond acceptors (Lipinski definition) is 3. The van der Waals surface area contributed by atoms with Crippen molar-refractivity contribution in [3.8, 4) is 5.75 Å². The average molecular weight is 351 g/mol. The van der Waals surface area contributed by atoms with Gasteiger partial charge in [0.1, 0.15) is 11.9 Å². The standard InChI is InChI=1S/C17H16Cl2N2O2/c1-23-15-4-2-13(3-5-15)20-16-6-7-17(22)21(16)14-9-11(18)8-12(19)10-14/h2-5,8-10,16,20H,6-7H2,1H3. The molecule has 1 aliphatic heterocycles. The second-order valence-corrected chi connectivity index (χ2v) is 6.19. The Kier molecular flexibility index (Phi) is 4.64. The van der Waals surface area contributed by atoms with Crippen LogP contribution in [0, 0.1) is 0 Å². The van der Waals surface area contributed by atoms with Crippen molar-refractivity contribution in [2.45, 2.75) is 19.0 Å². The van der Waals surface area contributed by atoms with Gasteiger partial charge in [0, 0.05) is 27.8 Å². The highest BCUT2D eigenvalue weighted by atomic mass is 35.5. The van der Waals surface area contributed by atoms with Crippen molar-refractivity contribution in [2.75, 3.05) is 17.3 Å². The lowest BCUT2D eigenvalue weighted by Crippen LogP contribution is -2.38. The van der Waals surface area contributed by atoms with E-state index in [2.05, 4.69) is 5.32 Å². The summed E-state index contributed by atoms with van der Waals surface area (Å²) in [7, 11) is 1.63. The molecule has 23 heavy (non-hydrogen) atoms. The molecule has 1 fully saturated rings. The lowest BCUT2D eigenvalue weighted by molar-refractivity contribution is -0.117. The van der Waals surface area contributed by atoms with Gasteiger partial charge in [-0.15, -0.1) is 0 Å². The van der Waals surface area contributed by atoms with Gasteiger partial charge in [-0.2, -0.15) is 0 Å². The van der Waals surface area contributed by atoms with E-state index in [0.29, 0.717) is 22.2 Å². The van der Waals surface area contributed by atoms with Gasteiger partial charge >= 0.3 is 0 Å². The second kappa shape index (κ2) is 6.69. The minimum atomic E-state index is -0.134. The third-order valence-corrected chi connectivity index (χ3v) is 4.20.